The zero-order chi connectivity index (χ0) is 8.97. The summed E-state index contributed by atoms with van der Waals surface area (Å²) in [6.45, 7) is 0.638. The minimum Gasteiger partial charge on any atom is -0.330 e. The minimum atomic E-state index is 0.189. The van der Waals surface area contributed by atoms with Crippen molar-refractivity contribution >= 4 is 23.2 Å². The average molecular weight is 206 g/mol. The second-order valence-electron chi connectivity index (χ2n) is 2.34. The molecule has 0 radical (unpaired) electrons. The first-order chi connectivity index (χ1) is 5.72. The van der Waals surface area contributed by atoms with Gasteiger partial charge in [0, 0.05) is 5.69 Å². The van der Waals surface area contributed by atoms with Gasteiger partial charge in [-0.1, -0.05) is 11.6 Å². The normalized spacial score (nSPS) is 10.2. The first kappa shape index (κ1) is 9.71. The van der Waals surface area contributed by atoms with Gasteiger partial charge < -0.3 is 5.73 Å². The van der Waals surface area contributed by atoms with Crippen LogP contribution in [0.4, 0.5) is 0 Å². The summed E-state index contributed by atoms with van der Waals surface area (Å²) in [7, 11) is 0. The Morgan fingerprint density at radius 3 is 2.67 bits per heavy atom. The quantitative estimate of drug-likeness (QED) is 0.604. The number of hydrogen-bond acceptors (Lipinski definition) is 3. The maximum atomic E-state index is 5.66. The van der Waals surface area contributed by atoms with Crippen molar-refractivity contribution in [1.29, 1.82) is 0 Å². The van der Waals surface area contributed by atoms with Crippen LogP contribution in [-0.4, -0.2) is 16.5 Å². The van der Waals surface area contributed by atoms with Gasteiger partial charge in [-0.2, -0.15) is 0 Å². The van der Waals surface area contributed by atoms with Crippen LogP contribution in [0.5, 0.6) is 0 Å². The van der Waals surface area contributed by atoms with E-state index in [0.717, 1.165) is 18.5 Å². The van der Waals surface area contributed by atoms with Gasteiger partial charge in [-0.05, 0) is 37.1 Å². The summed E-state index contributed by atoms with van der Waals surface area (Å²) in [4.78, 5) is 7.72. The molecule has 0 spiro atoms. The number of nitrogens with zero attached hydrogens (tertiary/aromatic N) is 2. The van der Waals surface area contributed by atoms with Crippen molar-refractivity contribution in [2.24, 2.45) is 5.73 Å². The topological polar surface area (TPSA) is 51.8 Å². The lowest BCUT2D eigenvalue weighted by Gasteiger charge is -1.99. The molecule has 0 aromatic carbocycles. The molecule has 1 rings (SSSR count). The molecule has 1 aromatic rings. The molecule has 3 nitrogen and oxygen atoms in total. The Labute approximate surface area is 80.9 Å². The summed E-state index contributed by atoms with van der Waals surface area (Å²) in [6.07, 6.45) is 1.67. The monoisotopic (exact) mass is 205 g/mol. The van der Waals surface area contributed by atoms with Gasteiger partial charge in [-0.25, -0.2) is 9.97 Å². The van der Waals surface area contributed by atoms with E-state index in [0.29, 0.717) is 11.7 Å². The smallest absolute Gasteiger partial charge is 0.224 e. The van der Waals surface area contributed by atoms with Gasteiger partial charge in [0.25, 0.3) is 0 Å². The van der Waals surface area contributed by atoms with Gasteiger partial charge in [0.2, 0.25) is 5.28 Å². The van der Waals surface area contributed by atoms with E-state index in [-0.39, 0.29) is 5.28 Å². The fourth-order valence-corrected chi connectivity index (χ4v) is 1.29. The molecule has 0 aliphatic rings. The molecule has 12 heavy (non-hydrogen) atoms. The molecular formula is C7H9Cl2N3. The highest BCUT2D eigenvalue weighted by atomic mass is 35.5. The highest BCUT2D eigenvalue weighted by Gasteiger charge is 1.99. The molecule has 1 heterocycles. The Kier molecular flexibility index (Phi) is 3.72. The Hall–Kier alpha value is -0.380. The second kappa shape index (κ2) is 4.60. The summed E-state index contributed by atoms with van der Waals surface area (Å²) < 4.78 is 0. The van der Waals surface area contributed by atoms with Crippen LogP contribution in [-0.2, 0) is 6.42 Å². The van der Waals surface area contributed by atoms with E-state index in [1.54, 1.807) is 6.07 Å². The molecule has 0 amide bonds. The van der Waals surface area contributed by atoms with Crippen LogP contribution < -0.4 is 5.73 Å². The van der Waals surface area contributed by atoms with Crippen molar-refractivity contribution in [3.05, 3.63) is 22.2 Å². The van der Waals surface area contributed by atoms with E-state index in [1.165, 1.54) is 0 Å². The fourth-order valence-electron chi connectivity index (χ4n) is 0.845. The predicted octanol–water partition coefficient (Wildman–Crippen LogP) is 1.67. The van der Waals surface area contributed by atoms with Crippen molar-refractivity contribution in [2.45, 2.75) is 12.8 Å². The van der Waals surface area contributed by atoms with Crippen LogP contribution in [0.1, 0.15) is 12.1 Å². The number of rotatable bonds is 3. The maximum absolute atomic E-state index is 5.66. The van der Waals surface area contributed by atoms with Gasteiger partial charge >= 0.3 is 0 Å². The minimum absolute atomic E-state index is 0.189. The Morgan fingerprint density at radius 2 is 2.08 bits per heavy atom. The third-order valence-corrected chi connectivity index (χ3v) is 1.72. The zero-order valence-corrected chi connectivity index (χ0v) is 7.94. The van der Waals surface area contributed by atoms with Crippen molar-refractivity contribution in [2.75, 3.05) is 6.54 Å². The molecule has 0 fully saturated rings. The molecule has 0 aliphatic carbocycles. The summed E-state index contributed by atoms with van der Waals surface area (Å²) in [5, 5.41) is 0.566. The van der Waals surface area contributed by atoms with Gasteiger partial charge in [0.05, 0.1) is 0 Å². The Morgan fingerprint density at radius 1 is 1.33 bits per heavy atom. The van der Waals surface area contributed by atoms with Crippen LogP contribution in [0, 0.1) is 0 Å². The number of aryl methyl sites for hydroxylation is 1. The largest absolute Gasteiger partial charge is 0.330 e. The fraction of sp³-hybridized carbons (Fsp3) is 0.429. The Balaban J connectivity index is 2.72. The van der Waals surface area contributed by atoms with Crippen molar-refractivity contribution in [3.63, 3.8) is 0 Å². The average Bonchev–Trinajstić information content (AvgIpc) is 1.99. The van der Waals surface area contributed by atoms with Crippen LogP contribution in [0.3, 0.4) is 0 Å². The van der Waals surface area contributed by atoms with E-state index in [9.17, 15) is 0 Å². The lowest BCUT2D eigenvalue weighted by atomic mass is 10.2. The molecule has 5 heteroatoms. The van der Waals surface area contributed by atoms with Crippen LogP contribution >= 0.6 is 23.2 Å². The lowest BCUT2D eigenvalue weighted by Crippen LogP contribution is -2.02. The van der Waals surface area contributed by atoms with E-state index in [4.69, 9.17) is 28.9 Å². The highest BCUT2D eigenvalue weighted by Crippen LogP contribution is 2.11. The first-order valence-electron chi connectivity index (χ1n) is 3.61. The van der Waals surface area contributed by atoms with Gasteiger partial charge in [0.1, 0.15) is 5.15 Å². The number of halogens is 2. The van der Waals surface area contributed by atoms with Crippen molar-refractivity contribution in [3.8, 4) is 0 Å². The van der Waals surface area contributed by atoms with Crippen molar-refractivity contribution in [1.82, 2.24) is 9.97 Å². The van der Waals surface area contributed by atoms with E-state index in [2.05, 4.69) is 9.97 Å². The molecule has 0 saturated heterocycles. The van der Waals surface area contributed by atoms with Crippen LogP contribution in [0.15, 0.2) is 6.07 Å². The lowest BCUT2D eigenvalue weighted by molar-refractivity contribution is 0.806. The van der Waals surface area contributed by atoms with E-state index >= 15 is 0 Å². The predicted molar refractivity (Wildman–Crippen MR) is 49.4 cm³/mol. The number of nitrogens with two attached hydrogens (primary N) is 1. The summed E-state index contributed by atoms with van der Waals surface area (Å²) in [5.74, 6) is 0. The molecule has 0 aliphatic heterocycles. The molecule has 0 saturated carbocycles. The van der Waals surface area contributed by atoms with E-state index < -0.39 is 0 Å². The molecule has 66 valence electrons. The standard InChI is InChI=1S/C7H9Cl2N3/c8-6-4-5(2-1-3-10)11-7(9)12-6/h4H,1-3,10H2. The van der Waals surface area contributed by atoms with Crippen LogP contribution in [0.25, 0.3) is 0 Å². The molecule has 1 aromatic heterocycles. The summed E-state index contributed by atoms with van der Waals surface area (Å²) in [5.41, 5.74) is 6.18. The molecule has 0 atom stereocenters. The molecule has 0 bridgehead atoms. The molecular weight excluding hydrogens is 197 g/mol. The second-order valence-corrected chi connectivity index (χ2v) is 3.07. The van der Waals surface area contributed by atoms with Gasteiger partial charge in [0.15, 0.2) is 0 Å². The summed E-state index contributed by atoms with van der Waals surface area (Å²) >= 11 is 11.3. The Bertz CT molecular complexity index is 245. The first-order valence-corrected chi connectivity index (χ1v) is 4.37. The van der Waals surface area contributed by atoms with E-state index in [1.807, 2.05) is 0 Å². The van der Waals surface area contributed by atoms with Gasteiger partial charge in [-0.15, -0.1) is 0 Å². The number of aromatic nitrogens is 2. The molecule has 2 N–H and O–H groups in total. The summed E-state index contributed by atoms with van der Waals surface area (Å²) in [6, 6.07) is 1.70. The number of hydrogen-bond donors (Lipinski definition) is 1. The maximum Gasteiger partial charge on any atom is 0.224 e. The van der Waals surface area contributed by atoms with Crippen molar-refractivity contribution < 1.29 is 0 Å². The third kappa shape index (κ3) is 2.93. The SMILES string of the molecule is NCCCc1cc(Cl)nc(Cl)n1. The highest BCUT2D eigenvalue weighted by molar-refractivity contribution is 6.31. The third-order valence-electron chi connectivity index (χ3n) is 1.36. The van der Waals surface area contributed by atoms with Crippen LogP contribution in [0.2, 0.25) is 10.4 Å². The van der Waals surface area contributed by atoms with Gasteiger partial charge in [-0.3, -0.25) is 0 Å². The zero-order valence-electron chi connectivity index (χ0n) is 6.43. The molecule has 0 unspecified atom stereocenters.